The summed E-state index contributed by atoms with van der Waals surface area (Å²) < 4.78 is 11.7. The molecule has 1 aromatic heterocycles. The van der Waals surface area contributed by atoms with Crippen molar-refractivity contribution in [2.24, 2.45) is 0 Å². The Morgan fingerprint density at radius 1 is 1.13 bits per heavy atom. The minimum Gasteiger partial charge on any atom is -0.361 e. The number of hydrogen-bond donors (Lipinski definition) is 2. The summed E-state index contributed by atoms with van der Waals surface area (Å²) in [5.41, 5.74) is 2.36. The predicted molar refractivity (Wildman–Crippen MR) is 93.9 cm³/mol. The van der Waals surface area contributed by atoms with Crippen molar-refractivity contribution in [3.05, 3.63) is 71.9 Å². The molecule has 1 heterocycles. The van der Waals surface area contributed by atoms with E-state index in [0.29, 0.717) is 11.3 Å². The van der Waals surface area contributed by atoms with Crippen molar-refractivity contribution >= 4 is 27.6 Å². The van der Waals surface area contributed by atoms with Gasteiger partial charge in [0.1, 0.15) is 0 Å². The highest BCUT2D eigenvalue weighted by atomic mass is 32.2. The molecule has 0 fully saturated rings. The van der Waals surface area contributed by atoms with Crippen molar-refractivity contribution in [1.82, 2.24) is 10.3 Å². The molecule has 0 bridgehead atoms. The molecule has 0 unspecified atom stereocenters. The number of benzene rings is 2. The predicted octanol–water partition coefficient (Wildman–Crippen LogP) is 3.02. The number of hydrogen-bond acceptors (Lipinski definition) is 2. The molecule has 5 heteroatoms. The number of amides is 1. The van der Waals surface area contributed by atoms with Crippen LogP contribution in [0.1, 0.15) is 22.0 Å². The van der Waals surface area contributed by atoms with Crippen molar-refractivity contribution in [3.63, 3.8) is 0 Å². The van der Waals surface area contributed by atoms with E-state index in [2.05, 4.69) is 10.3 Å². The second-order valence-corrected chi connectivity index (χ2v) is 6.90. The normalized spacial score (nSPS) is 13.6. The molecular weight excluding hydrogens is 308 g/mol. The lowest BCUT2D eigenvalue weighted by molar-refractivity contribution is 0.0942. The van der Waals surface area contributed by atoms with E-state index in [4.69, 9.17) is 0 Å². The SMILES string of the molecule is C[S@](=O)C[C@@H](NC(=O)c1cccc2cc[nH]c12)c1ccccc1. The van der Waals surface area contributed by atoms with Crippen molar-refractivity contribution in [2.75, 3.05) is 12.0 Å². The highest BCUT2D eigenvalue weighted by Gasteiger charge is 2.18. The van der Waals surface area contributed by atoms with Crippen molar-refractivity contribution < 1.29 is 9.00 Å². The fraction of sp³-hybridized carbons (Fsp3) is 0.167. The van der Waals surface area contributed by atoms with E-state index in [1.54, 1.807) is 12.3 Å². The zero-order chi connectivity index (χ0) is 16.2. The van der Waals surface area contributed by atoms with Gasteiger partial charge in [0.15, 0.2) is 0 Å². The molecule has 0 saturated carbocycles. The molecule has 0 radical (unpaired) electrons. The third-order valence-electron chi connectivity index (χ3n) is 3.74. The number of rotatable bonds is 5. The maximum absolute atomic E-state index is 12.7. The second-order valence-electron chi connectivity index (χ2n) is 5.42. The summed E-state index contributed by atoms with van der Waals surface area (Å²) in [5, 5.41) is 4.00. The average molecular weight is 326 g/mol. The molecule has 4 nitrogen and oxygen atoms in total. The summed E-state index contributed by atoms with van der Waals surface area (Å²) in [7, 11) is -1.01. The monoisotopic (exact) mass is 326 g/mol. The van der Waals surface area contributed by atoms with Gasteiger partial charge in [-0.05, 0) is 17.7 Å². The lowest BCUT2D eigenvalue weighted by Gasteiger charge is -2.18. The van der Waals surface area contributed by atoms with Crippen LogP contribution >= 0.6 is 0 Å². The number of para-hydroxylation sites is 1. The lowest BCUT2D eigenvalue weighted by atomic mass is 10.1. The molecule has 1 amide bonds. The van der Waals surface area contributed by atoms with E-state index >= 15 is 0 Å². The van der Waals surface area contributed by atoms with E-state index in [0.717, 1.165) is 16.5 Å². The third-order valence-corrected chi connectivity index (χ3v) is 4.54. The number of aromatic nitrogens is 1. The zero-order valence-electron chi connectivity index (χ0n) is 12.8. The van der Waals surface area contributed by atoms with Crippen molar-refractivity contribution in [3.8, 4) is 0 Å². The van der Waals surface area contributed by atoms with Crippen LogP contribution in [0.25, 0.3) is 10.9 Å². The average Bonchev–Trinajstić information content (AvgIpc) is 3.03. The smallest absolute Gasteiger partial charge is 0.253 e. The Labute approximate surface area is 137 Å². The van der Waals surface area contributed by atoms with E-state index in [1.807, 2.05) is 54.7 Å². The number of aromatic amines is 1. The van der Waals surface area contributed by atoms with Crippen LogP contribution in [0.5, 0.6) is 0 Å². The molecule has 0 aliphatic rings. The Bertz CT molecular complexity index is 842. The standard InChI is InChI=1S/C18H18N2O2S/c1-23(22)12-16(13-6-3-2-4-7-13)20-18(21)15-9-5-8-14-10-11-19-17(14)15/h2-11,16,19H,12H2,1H3,(H,20,21)/t16-,23+/m1/s1. The quantitative estimate of drug-likeness (QED) is 0.757. The van der Waals surface area contributed by atoms with Crippen LogP contribution in [0.15, 0.2) is 60.8 Å². The molecule has 2 atom stereocenters. The fourth-order valence-corrected chi connectivity index (χ4v) is 3.40. The van der Waals surface area contributed by atoms with Gasteiger partial charge in [0, 0.05) is 34.4 Å². The Morgan fingerprint density at radius 3 is 2.65 bits per heavy atom. The fourth-order valence-electron chi connectivity index (χ4n) is 2.65. The highest BCUT2D eigenvalue weighted by Crippen LogP contribution is 2.19. The summed E-state index contributed by atoms with van der Waals surface area (Å²) in [6.07, 6.45) is 3.46. The maximum Gasteiger partial charge on any atom is 0.253 e. The van der Waals surface area contributed by atoms with Crippen LogP contribution in [0.2, 0.25) is 0 Å². The van der Waals surface area contributed by atoms with Crippen LogP contribution in [-0.2, 0) is 10.8 Å². The summed E-state index contributed by atoms with van der Waals surface area (Å²) in [6.45, 7) is 0. The maximum atomic E-state index is 12.7. The molecule has 2 aromatic carbocycles. The lowest BCUT2D eigenvalue weighted by Crippen LogP contribution is -2.32. The van der Waals surface area contributed by atoms with E-state index in [-0.39, 0.29) is 11.9 Å². The summed E-state index contributed by atoms with van der Waals surface area (Å²) >= 11 is 0. The first-order valence-corrected chi connectivity index (χ1v) is 9.10. The number of nitrogens with one attached hydrogen (secondary N) is 2. The Kier molecular flexibility index (Phi) is 4.57. The van der Waals surface area contributed by atoms with Gasteiger partial charge in [-0.15, -0.1) is 0 Å². The van der Waals surface area contributed by atoms with Gasteiger partial charge in [-0.2, -0.15) is 0 Å². The first-order valence-electron chi connectivity index (χ1n) is 7.37. The van der Waals surface area contributed by atoms with Crippen LogP contribution in [0.3, 0.4) is 0 Å². The number of carbonyl (C=O) groups is 1. The summed E-state index contributed by atoms with van der Waals surface area (Å²) in [4.78, 5) is 15.8. The Balaban J connectivity index is 1.89. The Morgan fingerprint density at radius 2 is 1.91 bits per heavy atom. The first kappa shape index (κ1) is 15.5. The Hall–Kier alpha value is -2.40. The number of fused-ring (bicyclic) bond motifs is 1. The van der Waals surface area contributed by atoms with Crippen molar-refractivity contribution in [2.45, 2.75) is 6.04 Å². The van der Waals surface area contributed by atoms with Crippen LogP contribution in [0, 0.1) is 0 Å². The van der Waals surface area contributed by atoms with Gasteiger partial charge in [0.05, 0.1) is 17.1 Å². The number of H-pyrrole nitrogens is 1. The van der Waals surface area contributed by atoms with Gasteiger partial charge >= 0.3 is 0 Å². The topological polar surface area (TPSA) is 62.0 Å². The molecule has 2 N–H and O–H groups in total. The molecule has 0 saturated heterocycles. The molecule has 3 aromatic rings. The van der Waals surface area contributed by atoms with Crippen LogP contribution in [-0.4, -0.2) is 27.1 Å². The van der Waals surface area contributed by atoms with Crippen LogP contribution < -0.4 is 5.32 Å². The largest absolute Gasteiger partial charge is 0.361 e. The minimum atomic E-state index is -1.01. The van der Waals surface area contributed by atoms with Gasteiger partial charge in [-0.25, -0.2) is 0 Å². The third kappa shape index (κ3) is 3.51. The second kappa shape index (κ2) is 6.79. The molecule has 3 rings (SSSR count). The zero-order valence-corrected chi connectivity index (χ0v) is 13.6. The van der Waals surface area contributed by atoms with E-state index in [1.165, 1.54) is 0 Å². The van der Waals surface area contributed by atoms with Gasteiger partial charge in [0.25, 0.3) is 5.91 Å². The van der Waals surface area contributed by atoms with E-state index in [9.17, 15) is 9.00 Å². The van der Waals surface area contributed by atoms with Crippen molar-refractivity contribution in [1.29, 1.82) is 0 Å². The molecule has 23 heavy (non-hydrogen) atoms. The molecule has 0 aliphatic heterocycles. The van der Waals surface area contributed by atoms with Gasteiger partial charge in [-0.3, -0.25) is 9.00 Å². The number of carbonyl (C=O) groups excluding carboxylic acids is 1. The molecule has 118 valence electrons. The van der Waals surface area contributed by atoms with Gasteiger partial charge < -0.3 is 10.3 Å². The first-order chi connectivity index (χ1) is 11.1. The minimum absolute atomic E-state index is 0.169. The van der Waals surface area contributed by atoms with E-state index < -0.39 is 10.8 Å². The highest BCUT2D eigenvalue weighted by molar-refractivity contribution is 7.84. The summed E-state index contributed by atoms with van der Waals surface area (Å²) in [5.74, 6) is 0.216. The molecule has 0 aliphatic carbocycles. The van der Waals surface area contributed by atoms with Gasteiger partial charge in [-0.1, -0.05) is 42.5 Å². The summed E-state index contributed by atoms with van der Waals surface area (Å²) in [6, 6.07) is 16.9. The molecular formula is C18H18N2O2S. The molecule has 0 spiro atoms. The van der Waals surface area contributed by atoms with Crippen LogP contribution in [0.4, 0.5) is 0 Å². The van der Waals surface area contributed by atoms with Gasteiger partial charge in [0.2, 0.25) is 0 Å².